The number of carboxylic acids is 1. The number of carbonyl (C=O) groups is 1. The van der Waals surface area contributed by atoms with Gasteiger partial charge in [-0.25, -0.2) is 23.5 Å². The lowest BCUT2D eigenvalue weighted by Crippen LogP contribution is -2.02. The Morgan fingerprint density at radius 3 is 1.90 bits per heavy atom. The van der Waals surface area contributed by atoms with Gasteiger partial charge in [0.15, 0.2) is 11.6 Å². The fourth-order valence-corrected chi connectivity index (χ4v) is 1.00. The van der Waals surface area contributed by atoms with Gasteiger partial charge in [-0.05, 0) is 0 Å². The van der Waals surface area contributed by atoms with Crippen LogP contribution in [0.25, 0.3) is 0 Å². The molecule has 0 bridgehead atoms. The summed E-state index contributed by atoms with van der Waals surface area (Å²) < 4.78 is 48.7. The molecule has 5 nitrogen and oxygen atoms in total. The Balaban J connectivity index is 0.000000204. The molecule has 0 aliphatic carbocycles. The van der Waals surface area contributed by atoms with Crippen molar-refractivity contribution in [3.63, 3.8) is 0 Å². The maximum absolute atomic E-state index is 12.4. The number of anilines is 1. The zero-order valence-corrected chi connectivity index (χ0v) is 9.65. The summed E-state index contributed by atoms with van der Waals surface area (Å²) >= 11 is 0. The molecule has 0 amide bonds. The van der Waals surface area contributed by atoms with E-state index in [9.17, 15) is 22.4 Å². The third-order valence-electron chi connectivity index (χ3n) is 1.90. The minimum absolute atomic E-state index is 0.220. The van der Waals surface area contributed by atoms with Crippen molar-refractivity contribution in [1.82, 2.24) is 9.97 Å². The predicted octanol–water partition coefficient (Wildman–Crippen LogP) is 2.00. The van der Waals surface area contributed by atoms with Crippen LogP contribution in [0.3, 0.4) is 0 Å². The van der Waals surface area contributed by atoms with Gasteiger partial charge in [-0.3, -0.25) is 0 Å². The maximum atomic E-state index is 12.4. The zero-order valence-electron chi connectivity index (χ0n) is 9.65. The van der Waals surface area contributed by atoms with Gasteiger partial charge < -0.3 is 10.8 Å². The lowest BCUT2D eigenvalue weighted by Gasteiger charge is -1.94. The van der Waals surface area contributed by atoms with Crippen molar-refractivity contribution in [1.29, 1.82) is 0 Å². The molecule has 2 rings (SSSR count). The molecule has 9 heteroatoms. The number of pyridine rings is 2. The van der Waals surface area contributed by atoms with Crippen molar-refractivity contribution < 1.29 is 27.5 Å². The lowest BCUT2D eigenvalue weighted by atomic mass is 10.2. The summed E-state index contributed by atoms with van der Waals surface area (Å²) in [5.74, 6) is -5.03. The smallest absolute Gasteiger partial charge is 0.338 e. The number of hydrogen-bond acceptors (Lipinski definition) is 4. The minimum atomic E-state index is -1.51. The van der Waals surface area contributed by atoms with Gasteiger partial charge in [-0.1, -0.05) is 0 Å². The van der Waals surface area contributed by atoms with Crippen LogP contribution in [-0.4, -0.2) is 21.0 Å². The van der Waals surface area contributed by atoms with Crippen molar-refractivity contribution in [2.75, 3.05) is 5.73 Å². The van der Waals surface area contributed by atoms with Gasteiger partial charge >= 0.3 is 5.97 Å². The average Bonchev–Trinajstić information content (AvgIpc) is 2.38. The highest BCUT2D eigenvalue weighted by Gasteiger charge is 2.10. The van der Waals surface area contributed by atoms with Crippen LogP contribution in [0, 0.1) is 23.5 Å². The normalized spacial score (nSPS) is 9.60. The molecule has 2 aromatic rings. The number of aromatic nitrogens is 2. The first-order chi connectivity index (χ1) is 9.31. The van der Waals surface area contributed by atoms with E-state index in [1.165, 1.54) is 0 Å². The first-order valence-electron chi connectivity index (χ1n) is 4.92. The van der Waals surface area contributed by atoms with E-state index < -0.39 is 35.1 Å². The second-order valence-corrected chi connectivity index (χ2v) is 3.32. The van der Waals surface area contributed by atoms with Gasteiger partial charge in [0.2, 0.25) is 11.9 Å². The average molecular weight is 289 g/mol. The largest absolute Gasteiger partial charge is 0.478 e. The number of nitrogens with two attached hydrogens (primary N) is 1. The number of aromatic carboxylic acids is 1. The Morgan fingerprint density at radius 2 is 1.50 bits per heavy atom. The van der Waals surface area contributed by atoms with Gasteiger partial charge in [-0.15, -0.1) is 0 Å². The molecule has 20 heavy (non-hydrogen) atoms. The highest BCUT2D eigenvalue weighted by atomic mass is 19.1. The molecule has 0 radical (unpaired) electrons. The van der Waals surface area contributed by atoms with E-state index in [0.29, 0.717) is 12.3 Å². The molecule has 0 aliphatic rings. The molecule has 0 fully saturated rings. The molecule has 0 unspecified atom stereocenters. The Bertz CT molecular complexity index is 637. The summed E-state index contributed by atoms with van der Waals surface area (Å²) in [6.45, 7) is 0. The van der Waals surface area contributed by atoms with E-state index in [4.69, 9.17) is 10.8 Å². The third-order valence-corrected chi connectivity index (χ3v) is 1.90. The topological polar surface area (TPSA) is 89.1 Å². The lowest BCUT2D eigenvalue weighted by molar-refractivity contribution is 0.0691. The Hall–Kier alpha value is -2.71. The summed E-state index contributed by atoms with van der Waals surface area (Å²) in [5.41, 5.74) is 4.04. The Morgan fingerprint density at radius 1 is 1.00 bits per heavy atom. The molecule has 2 aromatic heterocycles. The van der Waals surface area contributed by atoms with Gasteiger partial charge in [0.25, 0.3) is 0 Å². The SMILES string of the molecule is Nc1cc(F)ncc1F.O=C(O)c1cc(F)ncc1F. The van der Waals surface area contributed by atoms with Gasteiger partial charge in [0, 0.05) is 12.1 Å². The van der Waals surface area contributed by atoms with Crippen LogP contribution in [-0.2, 0) is 0 Å². The molecule has 0 aromatic carbocycles. The Kier molecular flexibility index (Phi) is 4.95. The highest BCUT2D eigenvalue weighted by Crippen LogP contribution is 2.07. The second-order valence-electron chi connectivity index (χ2n) is 3.32. The number of carboxylic acid groups (broad SMARTS) is 1. The third kappa shape index (κ3) is 4.19. The fraction of sp³-hybridized carbons (Fsp3) is 0. The molecule has 0 spiro atoms. The molecule has 106 valence electrons. The summed E-state index contributed by atoms with van der Waals surface area (Å²) in [6, 6.07) is 1.35. The standard InChI is InChI=1S/C6H3F2NO2.C5H4F2N2/c7-4-2-9-5(8)1-3(4)6(10)11;6-3-2-9-5(7)1-4(3)8/h1-2H,(H,10,11);1-2H,(H2,8,9). The van der Waals surface area contributed by atoms with Gasteiger partial charge in [0.05, 0.1) is 18.1 Å². The van der Waals surface area contributed by atoms with Crippen LogP contribution in [0.5, 0.6) is 0 Å². The van der Waals surface area contributed by atoms with Crippen molar-refractivity contribution in [3.05, 3.63) is 53.6 Å². The first kappa shape index (κ1) is 15.3. The molecule has 0 saturated carbocycles. The first-order valence-corrected chi connectivity index (χ1v) is 4.92. The quantitative estimate of drug-likeness (QED) is 0.619. The summed E-state index contributed by atoms with van der Waals surface area (Å²) in [7, 11) is 0. The minimum Gasteiger partial charge on any atom is -0.478 e. The van der Waals surface area contributed by atoms with E-state index in [2.05, 4.69) is 9.97 Å². The number of rotatable bonds is 1. The fourth-order valence-electron chi connectivity index (χ4n) is 1.00. The maximum Gasteiger partial charge on any atom is 0.338 e. The van der Waals surface area contributed by atoms with Gasteiger partial charge in [-0.2, -0.15) is 8.78 Å². The summed E-state index contributed by atoms with van der Waals surface area (Å²) in [4.78, 5) is 16.1. The number of hydrogen-bond donors (Lipinski definition) is 2. The van der Waals surface area contributed by atoms with Crippen LogP contribution in [0.4, 0.5) is 23.2 Å². The highest BCUT2D eigenvalue weighted by molar-refractivity contribution is 5.87. The van der Waals surface area contributed by atoms with E-state index in [0.717, 1.165) is 12.3 Å². The molecule has 2 heterocycles. The number of nitrogen functional groups attached to an aromatic ring is 1. The van der Waals surface area contributed by atoms with Crippen LogP contribution < -0.4 is 5.73 Å². The van der Waals surface area contributed by atoms with Crippen LogP contribution in [0.1, 0.15) is 10.4 Å². The second kappa shape index (κ2) is 6.45. The number of nitrogens with zero attached hydrogens (tertiary/aromatic N) is 2. The molecule has 3 N–H and O–H groups in total. The monoisotopic (exact) mass is 289 g/mol. The summed E-state index contributed by atoms with van der Waals surface area (Å²) in [5, 5.41) is 8.26. The van der Waals surface area contributed by atoms with E-state index in [1.54, 1.807) is 0 Å². The van der Waals surface area contributed by atoms with Crippen LogP contribution in [0.2, 0.25) is 0 Å². The van der Waals surface area contributed by atoms with Crippen LogP contribution in [0.15, 0.2) is 24.5 Å². The van der Waals surface area contributed by atoms with Crippen molar-refractivity contribution in [2.24, 2.45) is 0 Å². The predicted molar refractivity (Wildman–Crippen MR) is 59.7 cm³/mol. The van der Waals surface area contributed by atoms with Crippen molar-refractivity contribution in [2.45, 2.75) is 0 Å². The molecule has 0 atom stereocenters. The number of halogens is 4. The van der Waals surface area contributed by atoms with Crippen molar-refractivity contribution >= 4 is 11.7 Å². The summed E-state index contributed by atoms with van der Waals surface area (Å²) in [6.07, 6.45) is 1.27. The molecule has 0 saturated heterocycles. The van der Waals surface area contributed by atoms with E-state index in [-0.39, 0.29) is 5.69 Å². The molecular formula is C11H7F4N3O2. The van der Waals surface area contributed by atoms with Gasteiger partial charge in [0.1, 0.15) is 5.56 Å². The molecule has 0 aliphatic heterocycles. The van der Waals surface area contributed by atoms with E-state index >= 15 is 0 Å². The van der Waals surface area contributed by atoms with E-state index in [1.807, 2.05) is 0 Å². The van der Waals surface area contributed by atoms with Crippen molar-refractivity contribution in [3.8, 4) is 0 Å². The molecular weight excluding hydrogens is 282 g/mol. The Labute approximate surface area is 109 Å². The zero-order chi connectivity index (χ0) is 15.3. The van der Waals surface area contributed by atoms with Crippen LogP contribution >= 0.6 is 0 Å².